The Hall–Kier alpha value is -1.14. The number of hydrogen-bond donors (Lipinski definition) is 4. The monoisotopic (exact) mass is 230 g/mol. The number of aliphatic hydroxyl groups is 1. The second-order valence-electron chi connectivity index (χ2n) is 4.24. The third kappa shape index (κ3) is 2.51. The van der Waals surface area contributed by atoms with E-state index in [0.717, 1.165) is 12.8 Å². The molecule has 6 heteroatoms. The number of carboxylic acids is 1. The molecule has 0 aliphatic heterocycles. The Labute approximate surface area is 93.8 Å². The molecular weight excluding hydrogens is 212 g/mol. The molecule has 1 aliphatic rings. The van der Waals surface area contributed by atoms with Gasteiger partial charge in [0, 0.05) is 6.54 Å². The number of rotatable bonds is 5. The first-order valence-electron chi connectivity index (χ1n) is 5.40. The third-order valence-corrected chi connectivity index (χ3v) is 3.22. The molecule has 1 aliphatic carbocycles. The lowest BCUT2D eigenvalue weighted by Crippen LogP contribution is -2.51. The molecule has 1 rings (SSSR count). The number of nitrogens with two attached hydrogens (primary N) is 1. The molecule has 0 bridgehead atoms. The Morgan fingerprint density at radius 3 is 2.31 bits per heavy atom. The lowest BCUT2D eigenvalue weighted by Gasteiger charge is -2.27. The minimum Gasteiger partial charge on any atom is -0.480 e. The van der Waals surface area contributed by atoms with Gasteiger partial charge in [0.25, 0.3) is 0 Å². The van der Waals surface area contributed by atoms with Crippen LogP contribution in [0.4, 0.5) is 0 Å². The SMILES string of the molecule is NCC1(C(=O)N[C@H](CO)C(=O)O)CCCC1. The molecule has 0 spiro atoms. The minimum atomic E-state index is -1.24. The summed E-state index contributed by atoms with van der Waals surface area (Å²) in [6, 6.07) is -1.24. The summed E-state index contributed by atoms with van der Waals surface area (Å²) in [5.74, 6) is -1.59. The molecule has 0 heterocycles. The van der Waals surface area contributed by atoms with Gasteiger partial charge >= 0.3 is 5.97 Å². The molecule has 16 heavy (non-hydrogen) atoms. The largest absolute Gasteiger partial charge is 0.480 e. The summed E-state index contributed by atoms with van der Waals surface area (Å²) in [5, 5.41) is 19.9. The van der Waals surface area contributed by atoms with Crippen molar-refractivity contribution in [2.75, 3.05) is 13.2 Å². The first kappa shape index (κ1) is 12.9. The maximum absolute atomic E-state index is 11.9. The fourth-order valence-corrected chi connectivity index (χ4v) is 2.07. The molecule has 6 nitrogen and oxygen atoms in total. The summed E-state index contributed by atoms with van der Waals surface area (Å²) in [5.41, 5.74) is 4.96. The van der Waals surface area contributed by atoms with Gasteiger partial charge in [0.15, 0.2) is 0 Å². The van der Waals surface area contributed by atoms with Gasteiger partial charge in [-0.25, -0.2) is 4.79 Å². The maximum atomic E-state index is 11.9. The summed E-state index contributed by atoms with van der Waals surface area (Å²) in [6.07, 6.45) is 3.24. The van der Waals surface area contributed by atoms with Gasteiger partial charge in [0.2, 0.25) is 5.91 Å². The summed E-state index contributed by atoms with van der Waals surface area (Å²) in [4.78, 5) is 22.6. The number of amides is 1. The van der Waals surface area contributed by atoms with Crippen LogP contribution in [0.5, 0.6) is 0 Å². The van der Waals surface area contributed by atoms with E-state index < -0.39 is 24.0 Å². The molecule has 0 aromatic heterocycles. The Balaban J connectivity index is 2.65. The topological polar surface area (TPSA) is 113 Å². The van der Waals surface area contributed by atoms with E-state index in [2.05, 4.69) is 5.32 Å². The van der Waals surface area contributed by atoms with Gasteiger partial charge in [-0.1, -0.05) is 12.8 Å². The van der Waals surface area contributed by atoms with E-state index in [0.29, 0.717) is 12.8 Å². The number of carbonyl (C=O) groups is 2. The zero-order chi connectivity index (χ0) is 12.2. The van der Waals surface area contributed by atoms with E-state index in [1.807, 2.05) is 0 Å². The number of hydrogen-bond acceptors (Lipinski definition) is 4. The normalized spacial score (nSPS) is 20.4. The average Bonchev–Trinajstić information content (AvgIpc) is 2.74. The molecule has 0 unspecified atom stereocenters. The van der Waals surface area contributed by atoms with Crippen LogP contribution < -0.4 is 11.1 Å². The molecular formula is C10H18N2O4. The van der Waals surface area contributed by atoms with E-state index in [1.54, 1.807) is 0 Å². The van der Waals surface area contributed by atoms with Crippen molar-refractivity contribution in [2.24, 2.45) is 11.1 Å². The summed E-state index contributed by atoms with van der Waals surface area (Å²) in [7, 11) is 0. The van der Waals surface area contributed by atoms with Crippen molar-refractivity contribution < 1.29 is 19.8 Å². The van der Waals surface area contributed by atoms with Crippen LogP contribution in [0.1, 0.15) is 25.7 Å². The highest BCUT2D eigenvalue weighted by molar-refractivity contribution is 5.87. The van der Waals surface area contributed by atoms with Crippen LogP contribution in [-0.4, -0.2) is 41.3 Å². The van der Waals surface area contributed by atoms with E-state index >= 15 is 0 Å². The predicted octanol–water partition coefficient (Wildman–Crippen LogP) is -0.933. The standard InChI is InChI=1S/C10H18N2O4/c11-6-10(3-1-2-4-10)9(16)12-7(5-13)8(14)15/h7,13H,1-6,11H2,(H,12,16)(H,14,15)/t7-/m1/s1. The molecule has 0 aromatic carbocycles. The van der Waals surface area contributed by atoms with Gasteiger partial charge in [0.1, 0.15) is 6.04 Å². The Morgan fingerprint density at radius 1 is 1.38 bits per heavy atom. The van der Waals surface area contributed by atoms with Crippen molar-refractivity contribution in [1.29, 1.82) is 0 Å². The van der Waals surface area contributed by atoms with Gasteiger partial charge in [-0.3, -0.25) is 4.79 Å². The van der Waals surface area contributed by atoms with Crippen LogP contribution in [-0.2, 0) is 9.59 Å². The van der Waals surface area contributed by atoms with Crippen LogP contribution in [0.25, 0.3) is 0 Å². The van der Waals surface area contributed by atoms with Gasteiger partial charge in [-0.2, -0.15) is 0 Å². The van der Waals surface area contributed by atoms with Gasteiger partial charge in [-0.15, -0.1) is 0 Å². The third-order valence-electron chi connectivity index (χ3n) is 3.22. The smallest absolute Gasteiger partial charge is 0.328 e. The number of aliphatic carboxylic acids is 1. The van der Waals surface area contributed by atoms with Crippen molar-refractivity contribution in [3.8, 4) is 0 Å². The Kier molecular flexibility index (Phi) is 4.26. The van der Waals surface area contributed by atoms with Crippen molar-refractivity contribution in [1.82, 2.24) is 5.32 Å². The van der Waals surface area contributed by atoms with E-state index in [1.165, 1.54) is 0 Å². The maximum Gasteiger partial charge on any atom is 0.328 e. The first-order valence-corrected chi connectivity index (χ1v) is 5.40. The van der Waals surface area contributed by atoms with Crippen LogP contribution >= 0.6 is 0 Å². The molecule has 0 saturated heterocycles. The highest BCUT2D eigenvalue weighted by atomic mass is 16.4. The quantitative estimate of drug-likeness (QED) is 0.487. The lowest BCUT2D eigenvalue weighted by molar-refractivity contribution is -0.144. The molecule has 1 amide bonds. The number of carboxylic acid groups (broad SMARTS) is 1. The predicted molar refractivity (Wildman–Crippen MR) is 56.6 cm³/mol. The van der Waals surface area contributed by atoms with Crippen molar-refractivity contribution >= 4 is 11.9 Å². The van der Waals surface area contributed by atoms with Gasteiger partial charge < -0.3 is 21.3 Å². The fraction of sp³-hybridized carbons (Fsp3) is 0.800. The molecule has 0 radical (unpaired) electrons. The van der Waals surface area contributed by atoms with Crippen LogP contribution in [0.2, 0.25) is 0 Å². The van der Waals surface area contributed by atoms with Crippen molar-refractivity contribution in [3.63, 3.8) is 0 Å². The second kappa shape index (κ2) is 5.27. The van der Waals surface area contributed by atoms with Crippen molar-refractivity contribution in [3.05, 3.63) is 0 Å². The van der Waals surface area contributed by atoms with E-state index in [9.17, 15) is 9.59 Å². The molecule has 1 saturated carbocycles. The number of nitrogens with one attached hydrogen (secondary N) is 1. The second-order valence-corrected chi connectivity index (χ2v) is 4.24. The van der Waals surface area contributed by atoms with Crippen LogP contribution in [0.15, 0.2) is 0 Å². The molecule has 5 N–H and O–H groups in total. The minimum absolute atomic E-state index is 0.219. The zero-order valence-corrected chi connectivity index (χ0v) is 9.11. The Bertz CT molecular complexity index is 274. The fourth-order valence-electron chi connectivity index (χ4n) is 2.07. The van der Waals surface area contributed by atoms with Crippen molar-refractivity contribution in [2.45, 2.75) is 31.7 Å². The zero-order valence-electron chi connectivity index (χ0n) is 9.11. The average molecular weight is 230 g/mol. The highest BCUT2D eigenvalue weighted by Crippen LogP contribution is 2.37. The van der Waals surface area contributed by atoms with E-state index in [4.69, 9.17) is 15.9 Å². The summed E-state index contributed by atoms with van der Waals surface area (Å²) in [6.45, 7) is -0.391. The van der Waals surface area contributed by atoms with E-state index in [-0.39, 0.29) is 12.5 Å². The number of carbonyl (C=O) groups excluding carboxylic acids is 1. The first-order chi connectivity index (χ1) is 7.55. The molecule has 0 aromatic rings. The van der Waals surface area contributed by atoms with Crippen LogP contribution in [0.3, 0.4) is 0 Å². The Morgan fingerprint density at radius 2 is 1.94 bits per heavy atom. The highest BCUT2D eigenvalue weighted by Gasteiger charge is 2.41. The molecule has 1 atom stereocenters. The summed E-state index contributed by atoms with van der Waals surface area (Å²) >= 11 is 0. The molecule has 1 fully saturated rings. The van der Waals surface area contributed by atoms with Gasteiger partial charge in [0.05, 0.1) is 12.0 Å². The molecule has 92 valence electrons. The number of aliphatic hydroxyl groups excluding tert-OH is 1. The lowest BCUT2D eigenvalue weighted by atomic mass is 9.85. The summed E-state index contributed by atoms with van der Waals surface area (Å²) < 4.78 is 0. The van der Waals surface area contributed by atoms with Gasteiger partial charge in [-0.05, 0) is 12.8 Å². The van der Waals surface area contributed by atoms with Crippen LogP contribution in [0, 0.1) is 5.41 Å².